The van der Waals surface area contributed by atoms with Crippen LogP contribution in [0.15, 0.2) is 48.5 Å². The minimum atomic E-state index is -4.71. The Kier molecular flexibility index (Phi) is 3.75. The van der Waals surface area contributed by atoms with Gasteiger partial charge in [-0.2, -0.15) is 13.2 Å². The van der Waals surface area contributed by atoms with Gasteiger partial charge in [0, 0.05) is 11.8 Å². The topological polar surface area (TPSA) is 58.8 Å². The first-order chi connectivity index (χ1) is 11.3. The van der Waals surface area contributed by atoms with E-state index in [0.29, 0.717) is 16.3 Å². The van der Waals surface area contributed by atoms with Crippen LogP contribution in [-0.2, 0) is 0 Å². The lowest BCUT2D eigenvalue weighted by Crippen LogP contribution is -2.55. The second-order valence-corrected chi connectivity index (χ2v) is 5.18. The smallest absolute Gasteiger partial charge is 0.428 e. The Balaban J connectivity index is 2.25. The molecule has 0 aromatic heterocycles. The predicted molar refractivity (Wildman–Crippen MR) is 83.5 cm³/mol. The van der Waals surface area contributed by atoms with E-state index in [2.05, 4.69) is 0 Å². The van der Waals surface area contributed by atoms with Gasteiger partial charge in [0.1, 0.15) is 5.75 Å². The van der Waals surface area contributed by atoms with Crippen LogP contribution in [0, 0.1) is 0 Å². The summed E-state index contributed by atoms with van der Waals surface area (Å²) in [7, 11) is 1.39. The number of hydrogen-bond acceptors (Lipinski definition) is 3. The Hall–Kier alpha value is -2.90. The van der Waals surface area contributed by atoms with E-state index in [4.69, 9.17) is 10.5 Å². The lowest BCUT2D eigenvalue weighted by Gasteiger charge is -2.32. The maximum absolute atomic E-state index is 13.7. The Bertz CT molecular complexity index is 765. The van der Waals surface area contributed by atoms with Gasteiger partial charge in [-0.05, 0) is 24.3 Å². The molecule has 2 aromatic carbocycles. The van der Waals surface area contributed by atoms with E-state index in [1.165, 1.54) is 37.4 Å². The second kappa shape index (κ2) is 5.63. The van der Waals surface area contributed by atoms with Crippen LogP contribution in [0.5, 0.6) is 5.75 Å². The van der Waals surface area contributed by atoms with E-state index in [1.54, 1.807) is 18.2 Å². The number of amides is 2. The van der Waals surface area contributed by atoms with Gasteiger partial charge in [-0.15, -0.1) is 0 Å². The van der Waals surface area contributed by atoms with Crippen LogP contribution in [0.3, 0.4) is 0 Å². The van der Waals surface area contributed by atoms with Crippen molar-refractivity contribution in [3.8, 4) is 5.75 Å². The van der Waals surface area contributed by atoms with E-state index in [1.807, 2.05) is 0 Å². The van der Waals surface area contributed by atoms with Gasteiger partial charge in [0.05, 0.1) is 18.5 Å². The summed E-state index contributed by atoms with van der Waals surface area (Å²) in [4.78, 5) is 13.4. The quantitative estimate of drug-likeness (QED) is 0.910. The highest BCUT2D eigenvalue weighted by Crippen LogP contribution is 2.49. The zero-order valence-electron chi connectivity index (χ0n) is 12.6. The van der Waals surface area contributed by atoms with E-state index in [9.17, 15) is 18.0 Å². The summed E-state index contributed by atoms with van der Waals surface area (Å²) in [6.45, 7) is 0. The van der Waals surface area contributed by atoms with Crippen molar-refractivity contribution in [1.82, 2.24) is 0 Å². The molecule has 126 valence electrons. The number of para-hydroxylation sites is 1. The van der Waals surface area contributed by atoms with Gasteiger partial charge in [0.25, 0.3) is 0 Å². The first kappa shape index (κ1) is 16.0. The molecule has 0 radical (unpaired) electrons. The maximum atomic E-state index is 13.7. The molecule has 0 saturated heterocycles. The maximum Gasteiger partial charge on any atom is 0.428 e. The molecule has 0 saturated carbocycles. The summed E-state index contributed by atoms with van der Waals surface area (Å²) < 4.78 is 46.2. The number of benzene rings is 2. The Labute approximate surface area is 136 Å². The molecule has 2 aromatic rings. The molecule has 0 spiro atoms. The third kappa shape index (κ3) is 2.49. The number of carbonyl (C=O) groups excluding carboxylic acids is 1. The number of halogens is 3. The summed E-state index contributed by atoms with van der Waals surface area (Å²) in [5.41, 5.74) is 5.83. The van der Waals surface area contributed by atoms with Crippen molar-refractivity contribution in [2.75, 3.05) is 16.9 Å². The molecular formula is C16H14F3N3O2. The van der Waals surface area contributed by atoms with Crippen LogP contribution in [0.1, 0.15) is 0 Å². The number of carbonyl (C=O) groups is 1. The van der Waals surface area contributed by atoms with Crippen molar-refractivity contribution in [1.29, 1.82) is 0 Å². The number of anilines is 3. The fraction of sp³-hybridized carbons (Fsp3) is 0.188. The van der Waals surface area contributed by atoms with Crippen LogP contribution in [0.2, 0.25) is 0 Å². The molecule has 2 N–H and O–H groups in total. The zero-order chi connectivity index (χ0) is 17.5. The molecule has 0 bridgehead atoms. The molecule has 24 heavy (non-hydrogen) atoms. The monoisotopic (exact) mass is 337 g/mol. The molecule has 0 aliphatic carbocycles. The molecule has 1 atom stereocenters. The molecule has 0 fully saturated rings. The van der Waals surface area contributed by atoms with Gasteiger partial charge in [0.15, 0.2) is 0 Å². The SMILES string of the molecule is COc1ccc2c(c1)N(C(N)=O)C(C(F)(F)F)N2c1ccccc1. The average Bonchev–Trinajstić information content (AvgIpc) is 2.90. The van der Waals surface area contributed by atoms with E-state index in [-0.39, 0.29) is 11.4 Å². The summed E-state index contributed by atoms with van der Waals surface area (Å²) in [6.07, 6.45) is -6.93. The number of primary amides is 1. The Morgan fingerprint density at radius 1 is 1.12 bits per heavy atom. The minimum absolute atomic E-state index is 0.0491. The molecule has 1 heterocycles. The molecule has 1 aliphatic rings. The molecule has 1 unspecified atom stereocenters. The van der Waals surface area contributed by atoms with Crippen molar-refractivity contribution < 1.29 is 22.7 Å². The second-order valence-electron chi connectivity index (χ2n) is 5.18. The summed E-state index contributed by atoms with van der Waals surface area (Å²) >= 11 is 0. The van der Waals surface area contributed by atoms with Crippen LogP contribution >= 0.6 is 0 Å². The van der Waals surface area contributed by atoms with Crippen LogP contribution in [0.4, 0.5) is 35.0 Å². The average molecular weight is 337 g/mol. The first-order valence-electron chi connectivity index (χ1n) is 7.02. The number of ether oxygens (including phenoxy) is 1. The standard InChI is InChI=1S/C16H14F3N3O2/c1-24-11-7-8-12-13(9-11)22(15(20)23)14(16(17,18)19)21(12)10-5-3-2-4-6-10/h2-9,14H,1H3,(H2,20,23). The Morgan fingerprint density at radius 2 is 1.79 bits per heavy atom. The predicted octanol–water partition coefficient (Wildman–Crippen LogP) is 3.62. The van der Waals surface area contributed by atoms with Crippen molar-refractivity contribution in [3.63, 3.8) is 0 Å². The van der Waals surface area contributed by atoms with Crippen LogP contribution in [-0.4, -0.2) is 25.5 Å². The highest BCUT2D eigenvalue weighted by Gasteiger charge is 2.55. The summed E-state index contributed by atoms with van der Waals surface area (Å²) in [6, 6.07) is 11.2. The Morgan fingerprint density at radius 3 is 2.33 bits per heavy atom. The summed E-state index contributed by atoms with van der Waals surface area (Å²) in [5.74, 6) is 0.329. The molecule has 8 heteroatoms. The summed E-state index contributed by atoms with van der Waals surface area (Å²) in [5, 5.41) is 0. The largest absolute Gasteiger partial charge is 0.497 e. The fourth-order valence-electron chi connectivity index (χ4n) is 2.81. The van der Waals surface area contributed by atoms with Gasteiger partial charge in [0.2, 0.25) is 6.17 Å². The minimum Gasteiger partial charge on any atom is -0.497 e. The first-order valence-corrected chi connectivity index (χ1v) is 7.02. The number of fused-ring (bicyclic) bond motifs is 1. The third-order valence-electron chi connectivity index (χ3n) is 3.76. The zero-order valence-corrected chi connectivity index (χ0v) is 12.6. The van der Waals surface area contributed by atoms with Crippen molar-refractivity contribution in [2.45, 2.75) is 12.3 Å². The highest BCUT2D eigenvalue weighted by molar-refractivity contribution is 6.01. The molecule has 2 amide bonds. The fourth-order valence-corrected chi connectivity index (χ4v) is 2.81. The lowest BCUT2D eigenvalue weighted by molar-refractivity contribution is -0.143. The third-order valence-corrected chi connectivity index (χ3v) is 3.76. The van der Waals surface area contributed by atoms with E-state index < -0.39 is 18.4 Å². The van der Waals surface area contributed by atoms with Crippen LogP contribution in [0.25, 0.3) is 0 Å². The van der Waals surface area contributed by atoms with Crippen LogP contribution < -0.4 is 20.3 Å². The van der Waals surface area contributed by atoms with Gasteiger partial charge in [-0.3, -0.25) is 4.90 Å². The van der Waals surface area contributed by atoms with Crippen molar-refractivity contribution in [3.05, 3.63) is 48.5 Å². The number of alkyl halides is 3. The van der Waals surface area contributed by atoms with Crippen molar-refractivity contribution >= 4 is 23.1 Å². The molecule has 5 nitrogen and oxygen atoms in total. The lowest BCUT2D eigenvalue weighted by atomic mass is 10.2. The van der Waals surface area contributed by atoms with E-state index >= 15 is 0 Å². The molecule has 1 aliphatic heterocycles. The normalized spacial score (nSPS) is 16.9. The van der Waals surface area contributed by atoms with E-state index in [0.717, 1.165) is 4.90 Å². The number of nitrogens with two attached hydrogens (primary N) is 1. The van der Waals surface area contributed by atoms with Gasteiger partial charge in [-0.1, -0.05) is 18.2 Å². The molecule has 3 rings (SSSR count). The number of methoxy groups -OCH3 is 1. The highest BCUT2D eigenvalue weighted by atomic mass is 19.4. The van der Waals surface area contributed by atoms with Gasteiger partial charge in [-0.25, -0.2) is 4.79 Å². The molecular weight excluding hydrogens is 323 g/mol. The van der Waals surface area contributed by atoms with Gasteiger partial charge >= 0.3 is 12.2 Å². The number of urea groups is 1. The number of hydrogen-bond donors (Lipinski definition) is 1. The van der Waals surface area contributed by atoms with Crippen molar-refractivity contribution in [2.24, 2.45) is 5.73 Å². The number of rotatable bonds is 2. The number of nitrogens with zero attached hydrogens (tertiary/aromatic N) is 2. The van der Waals surface area contributed by atoms with Gasteiger partial charge < -0.3 is 15.4 Å².